The topological polar surface area (TPSA) is 61.4 Å². The lowest BCUT2D eigenvalue weighted by Crippen LogP contribution is -2.46. The average Bonchev–Trinajstić information content (AvgIpc) is 3.46. The van der Waals surface area contributed by atoms with Crippen molar-refractivity contribution in [3.8, 4) is 0 Å². The highest BCUT2D eigenvalue weighted by atomic mass is 19.3. The molecule has 2 aliphatic rings. The van der Waals surface area contributed by atoms with Crippen molar-refractivity contribution in [2.24, 2.45) is 5.92 Å². The Morgan fingerprint density at radius 1 is 0.881 bits per heavy atom. The Morgan fingerprint density at radius 2 is 1.57 bits per heavy atom. The Balaban J connectivity index is 1.48. The number of nitrogens with zero attached hydrogens (tertiary/aromatic N) is 1. The van der Waals surface area contributed by atoms with Crippen LogP contribution in [0.4, 0.5) is 24.5 Å². The average molecular weight is 578 g/mol. The summed E-state index contributed by atoms with van der Waals surface area (Å²) in [6.45, 7) is 4.49. The second kappa shape index (κ2) is 12.2. The fourth-order valence-electron chi connectivity index (χ4n) is 6.45. The van der Waals surface area contributed by atoms with E-state index in [1.165, 1.54) is 25.0 Å². The van der Waals surface area contributed by atoms with Crippen LogP contribution in [0.15, 0.2) is 60.7 Å². The van der Waals surface area contributed by atoms with Crippen LogP contribution in [0.5, 0.6) is 0 Å². The largest absolute Gasteiger partial charge is 0.382 e. The number of hydrogen-bond donors (Lipinski definition) is 2. The number of nitrogens with one attached hydrogen (secondary N) is 2. The first-order valence-electron chi connectivity index (χ1n) is 14.8. The summed E-state index contributed by atoms with van der Waals surface area (Å²) in [6, 6.07) is 16.5. The van der Waals surface area contributed by atoms with Gasteiger partial charge >= 0.3 is 0 Å². The molecule has 2 fully saturated rings. The van der Waals surface area contributed by atoms with Gasteiger partial charge in [-0.15, -0.1) is 0 Å². The summed E-state index contributed by atoms with van der Waals surface area (Å²) < 4.78 is 43.4. The third kappa shape index (κ3) is 6.32. The van der Waals surface area contributed by atoms with Crippen LogP contribution in [0.3, 0.4) is 0 Å². The Bertz CT molecular complexity index is 1430. The van der Waals surface area contributed by atoms with Gasteiger partial charge in [0.15, 0.2) is 0 Å². The predicted molar refractivity (Wildman–Crippen MR) is 159 cm³/mol. The molecule has 222 valence electrons. The molecule has 2 atom stereocenters. The third-order valence-electron chi connectivity index (χ3n) is 8.62. The number of likely N-dealkylation sites (tertiary alicyclic amines) is 1. The van der Waals surface area contributed by atoms with Gasteiger partial charge in [-0.2, -0.15) is 0 Å². The van der Waals surface area contributed by atoms with E-state index in [4.69, 9.17) is 0 Å². The van der Waals surface area contributed by atoms with Crippen LogP contribution in [-0.2, 0) is 10.7 Å². The molecular weight excluding hydrogens is 539 g/mol. The molecule has 1 heterocycles. The molecule has 5 nitrogen and oxygen atoms in total. The second-order valence-corrected chi connectivity index (χ2v) is 11.8. The molecule has 0 radical (unpaired) electrons. The Hall–Kier alpha value is -3.81. The summed E-state index contributed by atoms with van der Waals surface area (Å²) in [5.74, 6) is -5.17. The SMILES string of the molecule is Cc1ccc(NC(=O)[C@H]2CCCN(C(=O)c3c(C)cccc3F)[C@H]2c2ccc(NC3CCCC3)cc2)cc1C(C)(F)F. The summed E-state index contributed by atoms with van der Waals surface area (Å²) in [7, 11) is 0. The third-order valence-corrected chi connectivity index (χ3v) is 8.62. The molecular formula is C34H38F3N3O2. The van der Waals surface area contributed by atoms with Gasteiger partial charge in [0.05, 0.1) is 17.5 Å². The smallest absolute Gasteiger partial charge is 0.270 e. The zero-order chi connectivity index (χ0) is 30.0. The molecule has 0 unspecified atom stereocenters. The number of carbonyl (C=O) groups is 2. The number of piperidine rings is 1. The highest BCUT2D eigenvalue weighted by Gasteiger charge is 2.41. The molecule has 0 aromatic heterocycles. The van der Waals surface area contributed by atoms with Crippen molar-refractivity contribution in [3.63, 3.8) is 0 Å². The lowest BCUT2D eigenvalue weighted by molar-refractivity contribution is -0.123. The summed E-state index contributed by atoms with van der Waals surface area (Å²) in [5, 5.41) is 6.40. The van der Waals surface area contributed by atoms with Crippen molar-refractivity contribution >= 4 is 23.2 Å². The first kappa shape index (κ1) is 29.7. The number of amides is 2. The molecule has 3 aromatic carbocycles. The quantitative estimate of drug-likeness (QED) is 0.298. The van der Waals surface area contributed by atoms with Crippen molar-refractivity contribution in [1.82, 2.24) is 4.90 Å². The molecule has 3 aromatic rings. The van der Waals surface area contributed by atoms with Gasteiger partial charge < -0.3 is 15.5 Å². The van der Waals surface area contributed by atoms with Crippen LogP contribution in [-0.4, -0.2) is 29.3 Å². The highest BCUT2D eigenvalue weighted by molar-refractivity contribution is 5.98. The molecule has 1 aliphatic heterocycles. The zero-order valence-corrected chi connectivity index (χ0v) is 24.4. The van der Waals surface area contributed by atoms with Crippen molar-refractivity contribution in [2.75, 3.05) is 17.2 Å². The number of alkyl halides is 2. The number of halogens is 3. The fourth-order valence-corrected chi connectivity index (χ4v) is 6.45. The zero-order valence-electron chi connectivity index (χ0n) is 24.4. The maximum Gasteiger partial charge on any atom is 0.270 e. The number of benzene rings is 3. The first-order valence-corrected chi connectivity index (χ1v) is 14.8. The van der Waals surface area contributed by atoms with Crippen LogP contribution in [0.1, 0.15) is 84.1 Å². The molecule has 0 bridgehead atoms. The second-order valence-electron chi connectivity index (χ2n) is 11.8. The van der Waals surface area contributed by atoms with E-state index in [0.717, 1.165) is 31.0 Å². The van der Waals surface area contributed by atoms with Crippen molar-refractivity contribution < 1.29 is 22.8 Å². The standard InChI is InChI=1S/C34H38F3N3O2/c1-21-13-16-26(20-28(21)34(3,36)37)39-32(41)27-11-7-19-40(33(42)30-22(2)8-6-12-29(30)35)31(27)23-14-17-25(18-15-23)38-24-9-4-5-10-24/h6,8,12-18,20,24,27,31,38H,4-5,7,9-11,19H2,1-3H3,(H,39,41)/t27-,31-/m0/s1. The molecule has 1 aliphatic carbocycles. The lowest BCUT2D eigenvalue weighted by Gasteiger charge is -2.41. The van der Waals surface area contributed by atoms with Gasteiger partial charge in [-0.25, -0.2) is 13.2 Å². The van der Waals surface area contributed by atoms with E-state index >= 15 is 0 Å². The number of anilines is 2. The monoisotopic (exact) mass is 577 g/mol. The van der Waals surface area contributed by atoms with Crippen LogP contribution in [0, 0.1) is 25.6 Å². The molecule has 2 amide bonds. The summed E-state index contributed by atoms with van der Waals surface area (Å²) in [5.41, 5.74) is 2.80. The number of hydrogen-bond acceptors (Lipinski definition) is 3. The number of rotatable bonds is 7. The summed E-state index contributed by atoms with van der Waals surface area (Å²) in [6.07, 6.45) is 5.70. The molecule has 5 rings (SSSR count). The molecule has 2 N–H and O–H groups in total. The molecule has 8 heteroatoms. The van der Waals surface area contributed by atoms with Crippen LogP contribution >= 0.6 is 0 Å². The Morgan fingerprint density at radius 3 is 2.24 bits per heavy atom. The predicted octanol–water partition coefficient (Wildman–Crippen LogP) is 8.14. The maximum atomic E-state index is 14.9. The minimum absolute atomic E-state index is 0.00330. The van der Waals surface area contributed by atoms with Crippen LogP contribution in [0.25, 0.3) is 0 Å². The molecule has 1 saturated carbocycles. The summed E-state index contributed by atoms with van der Waals surface area (Å²) in [4.78, 5) is 29.3. The van der Waals surface area contributed by atoms with E-state index in [1.54, 1.807) is 43.0 Å². The number of carbonyl (C=O) groups excluding carboxylic acids is 2. The first-order chi connectivity index (χ1) is 20.0. The van der Waals surface area contributed by atoms with E-state index in [9.17, 15) is 22.8 Å². The van der Waals surface area contributed by atoms with Crippen molar-refractivity contribution in [2.45, 2.75) is 77.3 Å². The highest BCUT2D eigenvalue weighted by Crippen LogP contribution is 2.39. The van der Waals surface area contributed by atoms with Gasteiger partial charge in [-0.1, -0.05) is 43.2 Å². The Kier molecular flexibility index (Phi) is 8.62. The van der Waals surface area contributed by atoms with Crippen molar-refractivity contribution in [3.05, 3.63) is 94.3 Å². The summed E-state index contributed by atoms with van der Waals surface area (Å²) >= 11 is 0. The fraction of sp³-hybridized carbons (Fsp3) is 0.412. The van der Waals surface area contributed by atoms with E-state index in [0.29, 0.717) is 36.6 Å². The molecule has 0 spiro atoms. The van der Waals surface area contributed by atoms with Crippen LogP contribution in [0.2, 0.25) is 0 Å². The van der Waals surface area contributed by atoms with E-state index in [-0.39, 0.29) is 22.7 Å². The van der Waals surface area contributed by atoms with Gasteiger partial charge in [-0.3, -0.25) is 9.59 Å². The lowest BCUT2D eigenvalue weighted by atomic mass is 9.83. The van der Waals surface area contributed by atoms with Gasteiger partial charge in [0.1, 0.15) is 5.82 Å². The van der Waals surface area contributed by atoms with E-state index < -0.39 is 29.6 Å². The van der Waals surface area contributed by atoms with Gasteiger partial charge in [0, 0.05) is 36.4 Å². The Labute approximate surface area is 245 Å². The van der Waals surface area contributed by atoms with Crippen LogP contribution < -0.4 is 10.6 Å². The normalized spacial score (nSPS) is 19.5. The van der Waals surface area contributed by atoms with Gasteiger partial charge in [-0.05, 0) is 86.6 Å². The maximum absolute atomic E-state index is 14.9. The van der Waals surface area contributed by atoms with E-state index in [1.807, 2.05) is 24.3 Å². The minimum Gasteiger partial charge on any atom is -0.382 e. The minimum atomic E-state index is -3.06. The molecule has 1 saturated heterocycles. The van der Waals surface area contributed by atoms with E-state index in [2.05, 4.69) is 10.6 Å². The van der Waals surface area contributed by atoms with Crippen molar-refractivity contribution in [1.29, 1.82) is 0 Å². The molecule has 42 heavy (non-hydrogen) atoms. The number of aryl methyl sites for hydroxylation is 2. The van der Waals surface area contributed by atoms with Gasteiger partial charge in [0.25, 0.3) is 11.8 Å². The van der Waals surface area contributed by atoms with Gasteiger partial charge in [0.2, 0.25) is 5.91 Å².